The number of rotatable bonds is 2. The van der Waals surface area contributed by atoms with Crippen LogP contribution in [0.3, 0.4) is 0 Å². The maximum absolute atomic E-state index is 11.7. The predicted octanol–water partition coefficient (Wildman–Crippen LogP) is 2.02. The SMILES string of the molecule is O=C(Oc1ccc(O)c(O)c1O)c1ccccc1. The smallest absolute Gasteiger partial charge is 0.343 e. The monoisotopic (exact) mass is 246 g/mol. The van der Waals surface area contributed by atoms with Crippen molar-refractivity contribution < 1.29 is 24.9 Å². The molecule has 0 atom stereocenters. The van der Waals surface area contributed by atoms with E-state index in [0.29, 0.717) is 5.56 Å². The molecule has 0 saturated heterocycles. The Hall–Kier alpha value is -2.69. The number of hydrogen-bond acceptors (Lipinski definition) is 5. The summed E-state index contributed by atoms with van der Waals surface area (Å²) in [7, 11) is 0. The first-order chi connectivity index (χ1) is 8.59. The van der Waals surface area contributed by atoms with E-state index in [2.05, 4.69) is 0 Å². The Labute approximate surface area is 103 Å². The molecule has 0 unspecified atom stereocenters. The van der Waals surface area contributed by atoms with Gasteiger partial charge < -0.3 is 20.1 Å². The second-order valence-electron chi connectivity index (χ2n) is 3.54. The number of aromatic hydroxyl groups is 3. The first-order valence-electron chi connectivity index (χ1n) is 5.10. The first kappa shape index (κ1) is 11.8. The summed E-state index contributed by atoms with van der Waals surface area (Å²) >= 11 is 0. The average molecular weight is 246 g/mol. The summed E-state index contributed by atoms with van der Waals surface area (Å²) in [6.45, 7) is 0. The van der Waals surface area contributed by atoms with Gasteiger partial charge in [0.1, 0.15) is 0 Å². The molecule has 0 fully saturated rings. The summed E-state index contributed by atoms with van der Waals surface area (Å²) in [4.78, 5) is 11.7. The van der Waals surface area contributed by atoms with Gasteiger partial charge in [-0.15, -0.1) is 0 Å². The van der Waals surface area contributed by atoms with Crippen LogP contribution >= 0.6 is 0 Å². The van der Waals surface area contributed by atoms with Crippen molar-refractivity contribution in [3.8, 4) is 23.0 Å². The number of carbonyl (C=O) groups excluding carboxylic acids is 1. The quantitative estimate of drug-likeness (QED) is 0.428. The molecule has 0 bridgehead atoms. The lowest BCUT2D eigenvalue weighted by atomic mass is 10.2. The van der Waals surface area contributed by atoms with E-state index >= 15 is 0 Å². The van der Waals surface area contributed by atoms with Crippen molar-refractivity contribution in [3.05, 3.63) is 48.0 Å². The van der Waals surface area contributed by atoms with E-state index in [1.165, 1.54) is 6.07 Å². The van der Waals surface area contributed by atoms with E-state index < -0.39 is 23.2 Å². The second-order valence-corrected chi connectivity index (χ2v) is 3.54. The highest BCUT2D eigenvalue weighted by Crippen LogP contribution is 2.41. The van der Waals surface area contributed by atoms with E-state index in [9.17, 15) is 15.0 Å². The van der Waals surface area contributed by atoms with Gasteiger partial charge in [-0.3, -0.25) is 0 Å². The fourth-order valence-electron chi connectivity index (χ4n) is 1.37. The molecule has 92 valence electrons. The lowest BCUT2D eigenvalue weighted by molar-refractivity contribution is 0.0729. The third-order valence-electron chi connectivity index (χ3n) is 2.31. The first-order valence-corrected chi connectivity index (χ1v) is 5.10. The Bertz CT molecular complexity index is 577. The van der Waals surface area contributed by atoms with Gasteiger partial charge >= 0.3 is 5.97 Å². The summed E-state index contributed by atoms with van der Waals surface area (Å²) in [5.41, 5.74) is 0.310. The molecule has 0 amide bonds. The maximum atomic E-state index is 11.7. The zero-order chi connectivity index (χ0) is 13.1. The Balaban J connectivity index is 2.26. The average Bonchev–Trinajstić information content (AvgIpc) is 2.40. The van der Waals surface area contributed by atoms with Crippen molar-refractivity contribution >= 4 is 5.97 Å². The zero-order valence-electron chi connectivity index (χ0n) is 9.20. The van der Waals surface area contributed by atoms with Gasteiger partial charge in [0.05, 0.1) is 5.56 Å². The lowest BCUT2D eigenvalue weighted by Crippen LogP contribution is -2.08. The van der Waals surface area contributed by atoms with Gasteiger partial charge in [-0.1, -0.05) is 18.2 Å². The molecule has 5 nitrogen and oxygen atoms in total. The molecule has 3 N–H and O–H groups in total. The summed E-state index contributed by atoms with van der Waals surface area (Å²) < 4.78 is 4.91. The highest BCUT2D eigenvalue weighted by molar-refractivity contribution is 5.91. The summed E-state index contributed by atoms with van der Waals surface area (Å²) in [6.07, 6.45) is 0. The maximum Gasteiger partial charge on any atom is 0.343 e. The molecule has 2 rings (SSSR count). The molecule has 18 heavy (non-hydrogen) atoms. The molecule has 0 aromatic heterocycles. The molecular formula is C13H10O5. The van der Waals surface area contributed by atoms with E-state index in [-0.39, 0.29) is 5.75 Å². The van der Waals surface area contributed by atoms with E-state index in [4.69, 9.17) is 9.84 Å². The van der Waals surface area contributed by atoms with Crippen LogP contribution in [-0.2, 0) is 0 Å². The van der Waals surface area contributed by atoms with Crippen LogP contribution < -0.4 is 4.74 Å². The zero-order valence-corrected chi connectivity index (χ0v) is 9.20. The van der Waals surface area contributed by atoms with Gasteiger partial charge in [-0.25, -0.2) is 4.79 Å². The normalized spacial score (nSPS) is 10.0. The van der Waals surface area contributed by atoms with E-state index in [1.54, 1.807) is 30.3 Å². The minimum absolute atomic E-state index is 0.223. The molecule has 0 aliphatic rings. The summed E-state index contributed by atoms with van der Waals surface area (Å²) in [5, 5.41) is 27.9. The predicted molar refractivity (Wildman–Crippen MR) is 62.8 cm³/mol. The van der Waals surface area contributed by atoms with Gasteiger partial charge in [-0.2, -0.15) is 0 Å². The molecule has 0 saturated carbocycles. The van der Waals surface area contributed by atoms with Crippen LogP contribution in [0.25, 0.3) is 0 Å². The van der Waals surface area contributed by atoms with Crippen molar-refractivity contribution in [1.82, 2.24) is 0 Å². The molecule has 5 heteroatoms. The third kappa shape index (κ3) is 2.20. The number of phenols is 3. The summed E-state index contributed by atoms with van der Waals surface area (Å²) in [5.74, 6) is -2.80. The fourth-order valence-corrected chi connectivity index (χ4v) is 1.37. The van der Waals surface area contributed by atoms with Gasteiger partial charge in [0, 0.05) is 0 Å². The lowest BCUT2D eigenvalue weighted by Gasteiger charge is -2.08. The Morgan fingerprint density at radius 3 is 2.22 bits per heavy atom. The van der Waals surface area contributed by atoms with Crippen LogP contribution in [-0.4, -0.2) is 21.3 Å². The number of ether oxygens (including phenoxy) is 1. The third-order valence-corrected chi connectivity index (χ3v) is 2.31. The Morgan fingerprint density at radius 2 is 1.56 bits per heavy atom. The van der Waals surface area contributed by atoms with Crippen LogP contribution in [0, 0.1) is 0 Å². The number of carbonyl (C=O) groups is 1. The minimum atomic E-state index is -0.728. The van der Waals surface area contributed by atoms with Crippen molar-refractivity contribution in [1.29, 1.82) is 0 Å². The molecule has 2 aromatic rings. The highest BCUT2D eigenvalue weighted by atomic mass is 16.5. The topological polar surface area (TPSA) is 87.0 Å². The van der Waals surface area contributed by atoms with Gasteiger partial charge in [-0.05, 0) is 24.3 Å². The fraction of sp³-hybridized carbons (Fsp3) is 0. The van der Waals surface area contributed by atoms with Crippen LogP contribution in [0.15, 0.2) is 42.5 Å². The molecule has 0 radical (unpaired) electrons. The van der Waals surface area contributed by atoms with Crippen molar-refractivity contribution in [2.75, 3.05) is 0 Å². The highest BCUT2D eigenvalue weighted by Gasteiger charge is 2.16. The van der Waals surface area contributed by atoms with Crippen molar-refractivity contribution in [2.24, 2.45) is 0 Å². The van der Waals surface area contributed by atoms with E-state index in [0.717, 1.165) is 6.07 Å². The molecule has 0 aliphatic heterocycles. The van der Waals surface area contributed by atoms with Crippen LogP contribution in [0.4, 0.5) is 0 Å². The second kappa shape index (κ2) is 4.67. The Kier molecular flexibility index (Phi) is 3.05. The molecule has 0 aliphatic carbocycles. The van der Waals surface area contributed by atoms with Crippen LogP contribution in [0.5, 0.6) is 23.0 Å². The van der Waals surface area contributed by atoms with Crippen LogP contribution in [0.2, 0.25) is 0 Å². The van der Waals surface area contributed by atoms with Crippen molar-refractivity contribution in [3.63, 3.8) is 0 Å². The van der Waals surface area contributed by atoms with E-state index in [1.807, 2.05) is 0 Å². The standard InChI is InChI=1S/C13H10O5/c14-9-6-7-10(12(16)11(9)15)18-13(17)8-4-2-1-3-5-8/h1-7,14-16H. The number of benzene rings is 2. The molecule has 2 aromatic carbocycles. The van der Waals surface area contributed by atoms with Crippen molar-refractivity contribution in [2.45, 2.75) is 0 Å². The molecule has 0 spiro atoms. The Morgan fingerprint density at radius 1 is 0.889 bits per heavy atom. The van der Waals surface area contributed by atoms with Gasteiger partial charge in [0.15, 0.2) is 11.5 Å². The number of hydrogen-bond donors (Lipinski definition) is 3. The number of phenolic OH excluding ortho intramolecular Hbond substituents is 3. The largest absolute Gasteiger partial charge is 0.504 e. The van der Waals surface area contributed by atoms with Gasteiger partial charge in [0.25, 0.3) is 0 Å². The molecular weight excluding hydrogens is 236 g/mol. The minimum Gasteiger partial charge on any atom is -0.504 e. The van der Waals surface area contributed by atoms with Crippen LogP contribution in [0.1, 0.15) is 10.4 Å². The number of esters is 1. The molecule has 0 heterocycles. The summed E-state index contributed by atoms with van der Waals surface area (Å²) in [6, 6.07) is 10.5. The van der Waals surface area contributed by atoms with Gasteiger partial charge in [0.2, 0.25) is 11.5 Å².